The van der Waals surface area contributed by atoms with E-state index in [4.69, 9.17) is 0 Å². The number of ether oxygens (including phenoxy) is 1. The van der Waals surface area contributed by atoms with Gasteiger partial charge in [0.05, 0.1) is 0 Å². The first kappa shape index (κ1) is 19.6. The van der Waals surface area contributed by atoms with Gasteiger partial charge in [0.1, 0.15) is 5.82 Å². The van der Waals surface area contributed by atoms with E-state index in [9.17, 15) is 27.2 Å². The van der Waals surface area contributed by atoms with Crippen molar-refractivity contribution < 1.29 is 31.9 Å². The van der Waals surface area contributed by atoms with E-state index in [1.165, 1.54) is 24.4 Å². The maximum absolute atomic E-state index is 13.4. The summed E-state index contributed by atoms with van der Waals surface area (Å²) >= 11 is 0. The van der Waals surface area contributed by atoms with E-state index in [0.29, 0.717) is 0 Å². The van der Waals surface area contributed by atoms with Crippen molar-refractivity contribution in [3.63, 3.8) is 0 Å². The highest BCUT2D eigenvalue weighted by Gasteiger charge is 2.32. The number of hydrogen-bond donors (Lipinski definition) is 2. The smallest absolute Gasteiger partial charge is 0.403 e. The summed E-state index contributed by atoms with van der Waals surface area (Å²) in [7, 11) is 0. The molecular weight excluding hydrogens is 382 g/mol. The molecule has 1 fully saturated rings. The summed E-state index contributed by atoms with van der Waals surface area (Å²) in [6, 6.07) is 5.72. The van der Waals surface area contributed by atoms with E-state index < -0.39 is 23.8 Å². The van der Waals surface area contributed by atoms with E-state index in [-0.39, 0.29) is 35.3 Å². The van der Waals surface area contributed by atoms with Gasteiger partial charge in [0.2, 0.25) is 5.91 Å². The van der Waals surface area contributed by atoms with Crippen LogP contribution in [0.2, 0.25) is 0 Å². The van der Waals surface area contributed by atoms with Gasteiger partial charge in [-0.15, -0.1) is 13.2 Å². The number of alkyl halides is 3. The minimum atomic E-state index is -5.03. The molecular formula is C18H15F4N3O3. The van der Waals surface area contributed by atoms with Gasteiger partial charge in [0.15, 0.2) is 11.6 Å². The SMILES string of the molecule is O=C(NCc1ccc(F)c(OC(F)(F)F)c1)c1ccnc(NC(=O)C2CC2)c1. The van der Waals surface area contributed by atoms with Gasteiger partial charge >= 0.3 is 6.36 Å². The number of anilines is 1. The van der Waals surface area contributed by atoms with Gasteiger partial charge in [-0.2, -0.15) is 0 Å². The molecule has 1 aliphatic rings. The molecule has 1 saturated carbocycles. The molecule has 10 heteroatoms. The number of halogens is 4. The third kappa shape index (κ3) is 5.41. The molecule has 1 aromatic carbocycles. The Balaban J connectivity index is 1.62. The zero-order valence-electron chi connectivity index (χ0n) is 14.3. The van der Waals surface area contributed by atoms with Crippen LogP contribution in [0.25, 0.3) is 0 Å². The molecule has 0 atom stereocenters. The summed E-state index contributed by atoms with van der Waals surface area (Å²) in [5, 5.41) is 5.12. The Morgan fingerprint density at radius 3 is 2.61 bits per heavy atom. The van der Waals surface area contributed by atoms with Crippen molar-refractivity contribution in [3.05, 3.63) is 53.5 Å². The third-order valence-electron chi connectivity index (χ3n) is 3.90. The largest absolute Gasteiger partial charge is 0.573 e. The van der Waals surface area contributed by atoms with Crippen molar-refractivity contribution >= 4 is 17.6 Å². The lowest BCUT2D eigenvalue weighted by molar-refractivity contribution is -0.275. The van der Waals surface area contributed by atoms with Gasteiger partial charge in [-0.05, 0) is 42.7 Å². The number of aromatic nitrogens is 1. The van der Waals surface area contributed by atoms with Crippen LogP contribution >= 0.6 is 0 Å². The lowest BCUT2D eigenvalue weighted by Crippen LogP contribution is -2.23. The summed E-state index contributed by atoms with van der Waals surface area (Å²) in [6.45, 7) is -0.153. The molecule has 0 saturated heterocycles. The van der Waals surface area contributed by atoms with E-state index >= 15 is 0 Å². The van der Waals surface area contributed by atoms with E-state index in [0.717, 1.165) is 25.0 Å². The van der Waals surface area contributed by atoms with Gasteiger partial charge < -0.3 is 15.4 Å². The van der Waals surface area contributed by atoms with Crippen molar-refractivity contribution in [1.82, 2.24) is 10.3 Å². The summed E-state index contributed by atoms with van der Waals surface area (Å²) < 4.78 is 53.9. The molecule has 1 heterocycles. The molecule has 6 nitrogen and oxygen atoms in total. The van der Waals surface area contributed by atoms with Gasteiger partial charge in [-0.25, -0.2) is 9.37 Å². The molecule has 1 aliphatic carbocycles. The van der Waals surface area contributed by atoms with Crippen LogP contribution in [0.15, 0.2) is 36.5 Å². The van der Waals surface area contributed by atoms with E-state index in [1.54, 1.807) is 0 Å². The van der Waals surface area contributed by atoms with Crippen molar-refractivity contribution in [3.8, 4) is 5.75 Å². The van der Waals surface area contributed by atoms with Crippen LogP contribution in [0.4, 0.5) is 23.4 Å². The molecule has 0 spiro atoms. The number of carbonyl (C=O) groups is 2. The normalized spacial score (nSPS) is 13.7. The number of pyridine rings is 1. The van der Waals surface area contributed by atoms with Crippen molar-refractivity contribution in [2.75, 3.05) is 5.32 Å². The predicted octanol–water partition coefficient (Wildman–Crippen LogP) is 3.40. The number of rotatable bonds is 6. The molecule has 3 rings (SSSR count). The molecule has 2 N–H and O–H groups in total. The highest BCUT2D eigenvalue weighted by Crippen LogP contribution is 2.30. The standard InChI is InChI=1S/C18H15F4N3O3/c19-13-4-1-10(7-14(13)28-18(20,21)22)9-24-16(26)12-5-6-23-15(8-12)25-17(27)11-2-3-11/h1,4-8,11H,2-3,9H2,(H,24,26)(H,23,25,27). The van der Waals surface area contributed by atoms with Crippen molar-refractivity contribution in [2.45, 2.75) is 25.7 Å². The molecule has 0 radical (unpaired) electrons. The minimum absolute atomic E-state index is 0.0223. The van der Waals surface area contributed by atoms with Crippen LogP contribution in [0.3, 0.4) is 0 Å². The van der Waals surface area contributed by atoms with E-state index in [2.05, 4.69) is 20.4 Å². The lowest BCUT2D eigenvalue weighted by atomic mass is 10.2. The quantitative estimate of drug-likeness (QED) is 0.733. The average molecular weight is 397 g/mol. The van der Waals surface area contributed by atoms with Crippen LogP contribution in [0.5, 0.6) is 5.75 Å². The molecule has 28 heavy (non-hydrogen) atoms. The van der Waals surface area contributed by atoms with Crippen molar-refractivity contribution in [2.24, 2.45) is 5.92 Å². The number of hydrogen-bond acceptors (Lipinski definition) is 4. The maximum Gasteiger partial charge on any atom is 0.573 e. The highest BCUT2D eigenvalue weighted by molar-refractivity contribution is 5.97. The Labute approximate surface area is 156 Å². The first-order valence-electron chi connectivity index (χ1n) is 8.30. The Kier molecular flexibility index (Phi) is 5.48. The van der Waals surface area contributed by atoms with Gasteiger partial charge in [-0.3, -0.25) is 9.59 Å². The van der Waals surface area contributed by atoms with Gasteiger partial charge in [0, 0.05) is 24.2 Å². The van der Waals surface area contributed by atoms with Gasteiger partial charge in [-0.1, -0.05) is 6.07 Å². The molecule has 148 valence electrons. The molecule has 0 aliphatic heterocycles. The fourth-order valence-corrected chi connectivity index (χ4v) is 2.36. The van der Waals surface area contributed by atoms with Crippen LogP contribution in [0.1, 0.15) is 28.8 Å². The zero-order chi connectivity index (χ0) is 20.3. The van der Waals surface area contributed by atoms with Gasteiger partial charge in [0.25, 0.3) is 5.91 Å². The molecule has 2 aromatic rings. The number of benzene rings is 1. The molecule has 0 unspecified atom stereocenters. The minimum Gasteiger partial charge on any atom is -0.403 e. The van der Waals surface area contributed by atoms with Crippen LogP contribution < -0.4 is 15.4 Å². The van der Waals surface area contributed by atoms with Crippen molar-refractivity contribution in [1.29, 1.82) is 0 Å². The number of amides is 2. The second-order valence-corrected chi connectivity index (χ2v) is 6.19. The molecule has 2 amide bonds. The lowest BCUT2D eigenvalue weighted by Gasteiger charge is -2.12. The maximum atomic E-state index is 13.4. The zero-order valence-corrected chi connectivity index (χ0v) is 14.3. The number of carbonyl (C=O) groups excluding carboxylic acids is 2. The Morgan fingerprint density at radius 1 is 1.18 bits per heavy atom. The van der Waals surface area contributed by atoms with Crippen LogP contribution in [0, 0.1) is 11.7 Å². The summed E-state index contributed by atoms with van der Waals surface area (Å²) in [5.41, 5.74) is 0.417. The predicted molar refractivity (Wildman–Crippen MR) is 89.8 cm³/mol. The monoisotopic (exact) mass is 397 g/mol. The molecule has 1 aromatic heterocycles. The Hall–Kier alpha value is -3.17. The summed E-state index contributed by atoms with van der Waals surface area (Å²) in [5.74, 6) is -2.63. The topological polar surface area (TPSA) is 80.3 Å². The Morgan fingerprint density at radius 2 is 1.93 bits per heavy atom. The number of nitrogens with zero attached hydrogens (tertiary/aromatic N) is 1. The fraction of sp³-hybridized carbons (Fsp3) is 0.278. The summed E-state index contributed by atoms with van der Waals surface area (Å²) in [4.78, 5) is 28.0. The second-order valence-electron chi connectivity index (χ2n) is 6.19. The second kappa shape index (κ2) is 7.83. The highest BCUT2D eigenvalue weighted by atomic mass is 19.4. The Bertz CT molecular complexity index is 898. The average Bonchev–Trinajstić information content (AvgIpc) is 3.46. The number of nitrogens with one attached hydrogen (secondary N) is 2. The first-order valence-corrected chi connectivity index (χ1v) is 8.30. The fourth-order valence-electron chi connectivity index (χ4n) is 2.36. The van der Waals surface area contributed by atoms with E-state index in [1.807, 2.05) is 0 Å². The first-order chi connectivity index (χ1) is 13.2. The van der Waals surface area contributed by atoms with Crippen LogP contribution in [-0.4, -0.2) is 23.2 Å². The van der Waals surface area contributed by atoms with Crippen LogP contribution in [-0.2, 0) is 11.3 Å². The third-order valence-corrected chi connectivity index (χ3v) is 3.90. The summed E-state index contributed by atoms with van der Waals surface area (Å²) in [6.07, 6.45) is -2.03. The molecule has 0 bridgehead atoms.